The minimum atomic E-state index is -5.99. The zero-order valence-electron chi connectivity index (χ0n) is 71.0. The van der Waals surface area contributed by atoms with Crippen LogP contribution in [0.25, 0.3) is 22.3 Å². The van der Waals surface area contributed by atoms with E-state index in [1.807, 2.05) is 78.9 Å². The number of aldehydes is 1. The van der Waals surface area contributed by atoms with Gasteiger partial charge in [-0.15, -0.1) is 23.2 Å². The lowest BCUT2D eigenvalue weighted by Crippen LogP contribution is -2.50. The molecule has 8 unspecified atom stereocenters. The number of carbonyl (C=O) groups is 4. The Morgan fingerprint density at radius 3 is 1.17 bits per heavy atom. The van der Waals surface area contributed by atoms with Gasteiger partial charge in [-0.3, -0.25) is 19.3 Å². The van der Waals surface area contributed by atoms with Crippen LogP contribution in [0.2, 0.25) is 0 Å². The smallest absolute Gasteiger partial charge is 0.468 e. The van der Waals surface area contributed by atoms with Gasteiger partial charge < -0.3 is 62.0 Å². The van der Waals surface area contributed by atoms with E-state index >= 15 is 0 Å². The Morgan fingerprint density at radius 1 is 0.439 bits per heavy atom. The lowest BCUT2D eigenvalue weighted by Gasteiger charge is -2.38. The van der Waals surface area contributed by atoms with Crippen LogP contribution in [0.1, 0.15) is 185 Å². The number of rotatable bonds is 8. The summed E-state index contributed by atoms with van der Waals surface area (Å²) >= 11 is 9.53. The number of aliphatic hydroxyl groups excluding tert-OH is 2. The number of alkyl halides is 11. The highest BCUT2D eigenvalue weighted by Gasteiger charge is 2.55. The van der Waals surface area contributed by atoms with Crippen molar-refractivity contribution < 1.29 is 114 Å². The molecule has 8 fully saturated rings. The zero-order chi connectivity index (χ0) is 92.7. The first-order chi connectivity index (χ1) is 63.6. The second kappa shape index (κ2) is 38.4. The molecule has 132 heavy (non-hydrogen) atoms. The predicted octanol–water partition coefficient (Wildman–Crippen LogP) is 22.7. The van der Waals surface area contributed by atoms with E-state index in [1.54, 1.807) is 54.8 Å². The number of esters is 1. The molecule has 32 heteroatoms. The standard InChI is InChI=1S/C26H25NO3.C24H20F3NO4.C23H17F6NO5S.C21H21NO2.C5H4O2.CH2Cl2/c28-16-17-5-3-8-23-25(22-7-1-2-9-24(22)30-26(17)23)18-13-19-10-11-20(14-18)27(19)15-21-6-4-12-29-21;1-31-22(29)18-7-4-6-17-20(16-5-2-3-8-19(16)32-21(17)18)13-11-14-9-10-15(12-13)28(14)23(30)24(25,26)27;24-22(25,26)21(31)30-13-8-9-14(30)11-12(10-13)19-15-4-1-2-6-17(15)34-20-16(19)5-3-7-18(20)35-36(32,33)23(27,28)29;23-12-13-4-3-6-18-20(14-10-15-8-9-16(11-14)22-15)17-5-1-2-7-19(17)24-21(13)18;6-4-5-2-1-3-7-5;2-1-3/h1-9,12,19-20,28H,10-11,13-16H2;2-8,14-15H,9-12H2,1H3;1-7,13-14H,8-11H2;1-7,15-16,22-23H,8-12H2;1-4H;1H2. The summed E-state index contributed by atoms with van der Waals surface area (Å²) in [6.07, 6.45) is 6.20. The zero-order valence-corrected chi connectivity index (χ0v) is 73.3. The Kier molecular flexibility index (Phi) is 26.7. The molecule has 0 spiro atoms. The fraction of sp³-hybridized carbons (Fsp3) is 0.320. The third kappa shape index (κ3) is 18.5. The fourth-order valence-electron chi connectivity index (χ4n) is 20.8. The van der Waals surface area contributed by atoms with Gasteiger partial charge in [0.15, 0.2) is 23.5 Å². The van der Waals surface area contributed by atoms with Crippen LogP contribution in [0.4, 0.5) is 39.5 Å². The van der Waals surface area contributed by atoms with E-state index in [1.165, 1.54) is 90.7 Å². The molecular formula is C100H89Cl2F9N4O16S. The number of nitrogens with zero attached hydrogens (tertiary/aromatic N) is 3. The first-order valence-electron chi connectivity index (χ1n) is 43.3. The molecule has 0 saturated carbocycles. The SMILES string of the molecule is COC(=O)c1cccc2c1Oc1ccccc1C2=C1CC2CCC(C1)N2C(=O)C(F)(F)F.ClCCl.O=C(N1C2CCC1CC(=C1c3ccccc3Oc3c(OS(=O)(=O)C(F)(F)F)cccc31)C2)C(F)(F)F.O=Cc1ccco1.OCc1cccc2c1Oc1ccccc1C2=C1CC2CCC(C1)N2.OCc1cccc2c1Oc1ccccc1C2=C1CC2CCC(C1)N2Cc1ccco1. The summed E-state index contributed by atoms with van der Waals surface area (Å²) in [5, 5.41) is 23.5. The van der Waals surface area contributed by atoms with E-state index in [4.69, 9.17) is 51.3 Å². The molecule has 2 amide bonds. The number of aliphatic hydroxyl groups is 2. The monoisotopic (exact) mass is 1870 g/mol. The van der Waals surface area contributed by atoms with Crippen molar-refractivity contribution >= 4 is 79.7 Å². The van der Waals surface area contributed by atoms with Gasteiger partial charge in [-0.2, -0.15) is 47.9 Å². The molecule has 8 atom stereocenters. The van der Waals surface area contributed by atoms with Crippen LogP contribution < -0.4 is 28.4 Å². The van der Waals surface area contributed by atoms with Gasteiger partial charge in [0.05, 0.1) is 44.7 Å². The Labute approximate surface area is 763 Å². The molecule has 0 radical (unpaired) electrons. The van der Waals surface area contributed by atoms with Gasteiger partial charge in [-0.1, -0.05) is 156 Å². The van der Waals surface area contributed by atoms with Crippen LogP contribution in [0.15, 0.2) is 238 Å². The Morgan fingerprint density at radius 2 is 0.795 bits per heavy atom. The van der Waals surface area contributed by atoms with E-state index in [2.05, 4.69) is 61.3 Å². The van der Waals surface area contributed by atoms with Crippen LogP contribution in [-0.4, -0.2) is 136 Å². The number of furan rings is 2. The number of nitrogens with one attached hydrogen (secondary N) is 1. The van der Waals surface area contributed by atoms with Gasteiger partial charge in [-0.25, -0.2) is 4.79 Å². The average molecular weight is 1880 g/mol. The Balaban J connectivity index is 0.000000119. The van der Waals surface area contributed by atoms with Gasteiger partial charge in [0, 0.05) is 104 Å². The van der Waals surface area contributed by atoms with Crippen molar-refractivity contribution in [3.05, 3.63) is 302 Å². The van der Waals surface area contributed by atoms with E-state index in [9.17, 15) is 77.3 Å². The normalized spacial score (nSPS) is 21.3. The van der Waals surface area contributed by atoms with E-state index in [0.717, 1.165) is 116 Å². The number of carbonyl (C=O) groups excluding carboxylic acids is 4. The van der Waals surface area contributed by atoms with Crippen LogP contribution in [0.3, 0.4) is 0 Å². The van der Waals surface area contributed by atoms with Crippen molar-refractivity contribution in [1.29, 1.82) is 0 Å². The lowest BCUT2D eigenvalue weighted by atomic mass is 9.83. The van der Waals surface area contributed by atoms with Gasteiger partial charge in [0.1, 0.15) is 51.6 Å². The maximum Gasteiger partial charge on any atom is 0.534 e. The number of hydrogen-bond donors (Lipinski definition) is 3. The minimum absolute atomic E-state index is 0.000753. The van der Waals surface area contributed by atoms with Crippen molar-refractivity contribution in [2.24, 2.45) is 0 Å². The van der Waals surface area contributed by atoms with E-state index in [0.29, 0.717) is 109 Å². The third-order valence-corrected chi connectivity index (χ3v) is 27.1. The van der Waals surface area contributed by atoms with Crippen LogP contribution >= 0.6 is 23.2 Å². The molecule has 12 aliphatic heterocycles. The van der Waals surface area contributed by atoms with E-state index in [-0.39, 0.29) is 54.0 Å². The number of ether oxygens (including phenoxy) is 5. The highest BCUT2D eigenvalue weighted by Crippen LogP contribution is 2.58. The summed E-state index contributed by atoms with van der Waals surface area (Å²) in [5.41, 5.74) is 12.0. The van der Waals surface area contributed by atoms with Crippen molar-refractivity contribution in [3.63, 3.8) is 0 Å². The molecule has 12 aliphatic rings. The van der Waals surface area contributed by atoms with Crippen molar-refractivity contribution in [1.82, 2.24) is 20.0 Å². The highest BCUT2D eigenvalue weighted by molar-refractivity contribution is 7.88. The molecule has 2 aromatic heterocycles. The van der Waals surface area contributed by atoms with Crippen molar-refractivity contribution in [3.8, 4) is 51.7 Å². The van der Waals surface area contributed by atoms with Gasteiger partial charge >= 0.3 is 45.8 Å². The second-order valence-electron chi connectivity index (χ2n) is 33.8. The van der Waals surface area contributed by atoms with Crippen molar-refractivity contribution in [2.45, 2.75) is 189 Å². The number of halogens is 11. The van der Waals surface area contributed by atoms with Crippen LogP contribution in [0.5, 0.6) is 51.7 Å². The predicted molar refractivity (Wildman–Crippen MR) is 473 cm³/mol. The highest BCUT2D eigenvalue weighted by atomic mass is 35.5. The minimum Gasteiger partial charge on any atom is -0.468 e. The van der Waals surface area contributed by atoms with Gasteiger partial charge in [0.25, 0.3) is 0 Å². The molecule has 20 nitrogen and oxygen atoms in total. The van der Waals surface area contributed by atoms with Crippen LogP contribution in [-0.2, 0) is 44.2 Å². The summed E-state index contributed by atoms with van der Waals surface area (Å²) < 4.78 is 185. The number of piperidine rings is 4. The molecular weight excluding hydrogens is 1790 g/mol. The molecule has 8 saturated heterocycles. The van der Waals surface area contributed by atoms with E-state index < -0.39 is 75.7 Å². The van der Waals surface area contributed by atoms with Crippen molar-refractivity contribution in [2.75, 3.05) is 12.4 Å². The molecule has 8 aromatic carbocycles. The topological polar surface area (TPSA) is 246 Å². The largest absolute Gasteiger partial charge is 0.534 e. The number of fused-ring (bicyclic) bond motifs is 16. The quantitative estimate of drug-likeness (QED) is 0.0319. The number of benzene rings is 8. The molecule has 14 heterocycles. The molecule has 688 valence electrons. The lowest BCUT2D eigenvalue weighted by molar-refractivity contribution is -0.189. The fourth-order valence-corrected chi connectivity index (χ4v) is 21.3. The average Bonchev–Trinajstić information content (AvgIpc) is 1.41. The van der Waals surface area contributed by atoms with Gasteiger partial charge in [-0.05, 0) is 186 Å². The van der Waals surface area contributed by atoms with Crippen LogP contribution in [0, 0.1) is 0 Å². The summed E-state index contributed by atoms with van der Waals surface area (Å²) in [7, 11) is -4.69. The first kappa shape index (κ1) is 92.0. The third-order valence-electron chi connectivity index (χ3n) is 26.1. The Hall–Kier alpha value is -11.9. The maximum atomic E-state index is 13.2. The summed E-state index contributed by atoms with van der Waals surface area (Å²) in [6.45, 7) is 0.882. The number of para-hydroxylation sites is 8. The summed E-state index contributed by atoms with van der Waals surface area (Å²) in [6, 6.07) is 59.1. The maximum absolute atomic E-state index is 13.2. The number of hydrogen-bond acceptors (Lipinski definition) is 18. The molecule has 10 aromatic rings. The first-order valence-corrected chi connectivity index (χ1v) is 45.8. The Bertz CT molecular complexity index is 6250. The molecule has 3 N–H and O–H groups in total. The molecule has 8 bridgehead atoms. The molecule has 0 aliphatic carbocycles. The second-order valence-corrected chi connectivity index (χ2v) is 36.2. The molecule has 22 rings (SSSR count). The number of amides is 2. The number of methoxy groups -OCH3 is 1. The summed E-state index contributed by atoms with van der Waals surface area (Å²) in [4.78, 5) is 50.7. The van der Waals surface area contributed by atoms with Gasteiger partial charge in [0.2, 0.25) is 0 Å². The summed E-state index contributed by atoms with van der Waals surface area (Å²) in [5.74, 6) is 0.911.